The number of amides is 1. The highest BCUT2D eigenvalue weighted by Crippen LogP contribution is 2.19. The lowest BCUT2D eigenvalue weighted by atomic mass is 9.99. The predicted molar refractivity (Wildman–Crippen MR) is 42.1 cm³/mol. The van der Waals surface area contributed by atoms with E-state index in [-0.39, 0.29) is 6.10 Å². The highest BCUT2D eigenvalue weighted by atomic mass is 16.6. The normalized spacial score (nSPS) is 24.1. The van der Waals surface area contributed by atoms with Gasteiger partial charge in [-0.15, -0.1) is 0 Å². The standard InChI is InChI=1S/C8H13NO2/c1-6-3-2-4-7(5-6)11-8(9)10/h5,7H,2-4H2,1H3,(H2,9,10)/t7-/m1/s1. The molecule has 1 aliphatic carbocycles. The molecule has 0 heterocycles. The fourth-order valence-electron chi connectivity index (χ4n) is 1.31. The summed E-state index contributed by atoms with van der Waals surface area (Å²) >= 11 is 0. The summed E-state index contributed by atoms with van der Waals surface area (Å²) in [6, 6.07) is 0. The minimum atomic E-state index is -0.680. The summed E-state index contributed by atoms with van der Waals surface area (Å²) in [6.07, 6.45) is 4.30. The Labute approximate surface area is 66.2 Å². The van der Waals surface area contributed by atoms with Crippen molar-refractivity contribution in [2.24, 2.45) is 5.73 Å². The topological polar surface area (TPSA) is 52.3 Å². The molecule has 0 aromatic rings. The van der Waals surface area contributed by atoms with Gasteiger partial charge < -0.3 is 10.5 Å². The number of allylic oxidation sites excluding steroid dienone is 1. The minimum Gasteiger partial charge on any atom is -0.442 e. The second kappa shape index (κ2) is 3.42. The smallest absolute Gasteiger partial charge is 0.405 e. The molecule has 11 heavy (non-hydrogen) atoms. The van der Waals surface area contributed by atoms with Crippen LogP contribution in [-0.2, 0) is 4.74 Å². The average Bonchev–Trinajstić information content (AvgIpc) is 1.85. The highest BCUT2D eigenvalue weighted by Gasteiger charge is 2.13. The number of carbonyl (C=O) groups excluding carboxylic acids is 1. The summed E-state index contributed by atoms with van der Waals surface area (Å²) in [7, 11) is 0. The summed E-state index contributed by atoms with van der Waals surface area (Å²) in [4.78, 5) is 10.3. The maximum atomic E-state index is 10.3. The van der Waals surface area contributed by atoms with Gasteiger partial charge in [0.25, 0.3) is 0 Å². The van der Waals surface area contributed by atoms with Gasteiger partial charge in [-0.2, -0.15) is 0 Å². The molecule has 0 aromatic heterocycles. The SMILES string of the molecule is CC1=C[C@H](OC(N)=O)CCC1. The second-order valence-corrected chi connectivity index (χ2v) is 2.88. The van der Waals surface area contributed by atoms with Gasteiger partial charge in [-0.1, -0.05) is 5.57 Å². The van der Waals surface area contributed by atoms with Gasteiger partial charge in [-0.3, -0.25) is 0 Å². The van der Waals surface area contributed by atoms with E-state index in [4.69, 9.17) is 10.5 Å². The summed E-state index contributed by atoms with van der Waals surface area (Å²) < 4.78 is 4.82. The van der Waals surface area contributed by atoms with Crippen LogP contribution in [-0.4, -0.2) is 12.2 Å². The van der Waals surface area contributed by atoms with Crippen molar-refractivity contribution in [2.75, 3.05) is 0 Å². The number of primary amides is 1. The molecule has 0 fully saturated rings. The van der Waals surface area contributed by atoms with Gasteiger partial charge in [0.1, 0.15) is 6.10 Å². The van der Waals surface area contributed by atoms with Crippen molar-refractivity contribution in [1.29, 1.82) is 0 Å². The molecule has 62 valence electrons. The van der Waals surface area contributed by atoms with Crippen LogP contribution in [0.15, 0.2) is 11.6 Å². The van der Waals surface area contributed by atoms with Gasteiger partial charge in [0.15, 0.2) is 0 Å². The van der Waals surface area contributed by atoms with Crippen LogP contribution < -0.4 is 5.73 Å². The molecule has 0 unspecified atom stereocenters. The molecule has 0 saturated carbocycles. The Morgan fingerprint density at radius 1 is 1.82 bits per heavy atom. The molecule has 0 radical (unpaired) electrons. The predicted octanol–water partition coefficient (Wildman–Crippen LogP) is 1.58. The largest absolute Gasteiger partial charge is 0.442 e. The molecule has 1 aliphatic rings. The minimum absolute atomic E-state index is 0.0822. The summed E-state index contributed by atoms with van der Waals surface area (Å²) in [6.45, 7) is 2.04. The van der Waals surface area contributed by atoms with Crippen molar-refractivity contribution in [3.63, 3.8) is 0 Å². The van der Waals surface area contributed by atoms with Crippen LogP contribution in [0.4, 0.5) is 4.79 Å². The molecule has 2 N–H and O–H groups in total. The Morgan fingerprint density at radius 2 is 2.55 bits per heavy atom. The van der Waals surface area contributed by atoms with E-state index in [1.54, 1.807) is 0 Å². The van der Waals surface area contributed by atoms with Gasteiger partial charge in [0.2, 0.25) is 0 Å². The van der Waals surface area contributed by atoms with Gasteiger partial charge in [0, 0.05) is 0 Å². The summed E-state index contributed by atoms with van der Waals surface area (Å²) in [5.74, 6) is 0. The van der Waals surface area contributed by atoms with Gasteiger partial charge in [-0.05, 0) is 32.3 Å². The van der Waals surface area contributed by atoms with E-state index in [2.05, 4.69) is 0 Å². The Hall–Kier alpha value is -0.990. The summed E-state index contributed by atoms with van der Waals surface area (Å²) in [5.41, 5.74) is 6.16. The van der Waals surface area contributed by atoms with Gasteiger partial charge in [0.05, 0.1) is 0 Å². The Bertz CT molecular complexity index is 187. The molecule has 3 heteroatoms. The zero-order valence-electron chi connectivity index (χ0n) is 6.67. The van der Waals surface area contributed by atoms with E-state index in [0.717, 1.165) is 19.3 Å². The molecule has 0 bridgehead atoms. The molecule has 1 amide bonds. The number of ether oxygens (including phenoxy) is 1. The number of nitrogens with two attached hydrogens (primary N) is 1. The van der Waals surface area contributed by atoms with Crippen LogP contribution >= 0.6 is 0 Å². The van der Waals surface area contributed by atoms with Crippen LogP contribution in [0.5, 0.6) is 0 Å². The van der Waals surface area contributed by atoms with Crippen LogP contribution in [0.25, 0.3) is 0 Å². The lowest BCUT2D eigenvalue weighted by Crippen LogP contribution is -2.22. The molecule has 1 rings (SSSR count). The van der Waals surface area contributed by atoms with Crippen LogP contribution in [0.3, 0.4) is 0 Å². The van der Waals surface area contributed by atoms with Gasteiger partial charge >= 0.3 is 6.09 Å². The summed E-state index contributed by atoms with van der Waals surface area (Å²) in [5, 5.41) is 0. The van der Waals surface area contributed by atoms with Crippen molar-refractivity contribution in [1.82, 2.24) is 0 Å². The van der Waals surface area contributed by atoms with E-state index in [9.17, 15) is 4.79 Å². The molecule has 3 nitrogen and oxygen atoms in total. The molecule has 0 spiro atoms. The van der Waals surface area contributed by atoms with E-state index >= 15 is 0 Å². The third-order valence-corrected chi connectivity index (χ3v) is 1.80. The highest BCUT2D eigenvalue weighted by molar-refractivity contribution is 5.65. The average molecular weight is 155 g/mol. The molecule has 1 atom stereocenters. The van der Waals surface area contributed by atoms with Crippen LogP contribution in [0.2, 0.25) is 0 Å². The number of rotatable bonds is 1. The van der Waals surface area contributed by atoms with E-state index in [0.29, 0.717) is 0 Å². The lowest BCUT2D eigenvalue weighted by molar-refractivity contribution is 0.121. The first-order valence-corrected chi connectivity index (χ1v) is 3.82. The van der Waals surface area contributed by atoms with Crippen molar-refractivity contribution >= 4 is 6.09 Å². The number of hydrogen-bond acceptors (Lipinski definition) is 2. The molecular weight excluding hydrogens is 142 g/mol. The van der Waals surface area contributed by atoms with E-state index < -0.39 is 6.09 Å². The first-order valence-electron chi connectivity index (χ1n) is 3.82. The second-order valence-electron chi connectivity index (χ2n) is 2.88. The van der Waals surface area contributed by atoms with E-state index in [1.807, 2.05) is 13.0 Å². The molecular formula is C8H13NO2. The number of carbonyl (C=O) groups is 1. The van der Waals surface area contributed by atoms with Crippen molar-refractivity contribution < 1.29 is 9.53 Å². The molecule has 0 aromatic carbocycles. The first kappa shape index (κ1) is 8.11. The first-order chi connectivity index (χ1) is 5.18. The van der Waals surface area contributed by atoms with Crippen LogP contribution in [0, 0.1) is 0 Å². The van der Waals surface area contributed by atoms with E-state index in [1.165, 1.54) is 5.57 Å². The zero-order chi connectivity index (χ0) is 8.27. The molecule has 0 saturated heterocycles. The fourth-order valence-corrected chi connectivity index (χ4v) is 1.31. The zero-order valence-corrected chi connectivity index (χ0v) is 6.67. The Morgan fingerprint density at radius 3 is 3.09 bits per heavy atom. The third kappa shape index (κ3) is 2.62. The van der Waals surface area contributed by atoms with Crippen molar-refractivity contribution in [3.05, 3.63) is 11.6 Å². The third-order valence-electron chi connectivity index (χ3n) is 1.80. The van der Waals surface area contributed by atoms with Crippen LogP contribution in [0.1, 0.15) is 26.2 Å². The maximum Gasteiger partial charge on any atom is 0.405 e. The van der Waals surface area contributed by atoms with Gasteiger partial charge in [-0.25, -0.2) is 4.79 Å². The molecule has 0 aliphatic heterocycles. The fraction of sp³-hybridized carbons (Fsp3) is 0.625. The monoisotopic (exact) mass is 155 g/mol. The van der Waals surface area contributed by atoms with Crippen molar-refractivity contribution in [3.8, 4) is 0 Å². The van der Waals surface area contributed by atoms with Crippen molar-refractivity contribution in [2.45, 2.75) is 32.3 Å². The maximum absolute atomic E-state index is 10.3. The Kier molecular flexibility index (Phi) is 2.52. The Balaban J connectivity index is 2.46. The number of hydrogen-bond donors (Lipinski definition) is 1. The lowest BCUT2D eigenvalue weighted by Gasteiger charge is -2.18. The quantitative estimate of drug-likeness (QED) is 0.584.